The maximum absolute atomic E-state index is 4.33. The van der Waals surface area contributed by atoms with E-state index in [1.165, 1.54) is 0 Å². The zero-order chi connectivity index (χ0) is 10.6. The van der Waals surface area contributed by atoms with Crippen LogP contribution in [0.25, 0.3) is 13.2 Å². The van der Waals surface area contributed by atoms with E-state index < -0.39 is 0 Å². The van der Waals surface area contributed by atoms with E-state index in [1.54, 1.807) is 12.3 Å². The molecule has 0 fully saturated rings. The fourth-order valence-corrected chi connectivity index (χ4v) is 0.961. The Labute approximate surface area is 83.6 Å². The van der Waals surface area contributed by atoms with Crippen LogP contribution in [-0.2, 0) is 0 Å². The standard InChI is InChI=1S/C11H15N3/c1-8(2)11-13-9(3)6-5-7-12-10(4)14-11/h5-8H,3-4H2,1-2H3,(H,13,14). The number of aromatic amines is 1. The van der Waals surface area contributed by atoms with Crippen molar-refractivity contribution in [1.82, 2.24) is 15.0 Å². The fraction of sp³-hybridized carbons (Fsp3) is 0.273. The van der Waals surface area contributed by atoms with Crippen molar-refractivity contribution in [2.24, 2.45) is 0 Å². The van der Waals surface area contributed by atoms with Crippen molar-refractivity contribution >= 4 is 13.2 Å². The SMILES string of the molecule is C=c1cccnc(=C)[nH]c(C(C)C)n1. The summed E-state index contributed by atoms with van der Waals surface area (Å²) < 4.78 is 0. The average molecular weight is 189 g/mol. The summed E-state index contributed by atoms with van der Waals surface area (Å²) in [6.45, 7) is 11.7. The van der Waals surface area contributed by atoms with Gasteiger partial charge in [0.2, 0.25) is 0 Å². The molecule has 1 aromatic heterocycles. The van der Waals surface area contributed by atoms with Gasteiger partial charge in [-0.05, 0) is 12.1 Å². The molecule has 0 saturated heterocycles. The molecule has 0 bridgehead atoms. The highest BCUT2D eigenvalue weighted by Crippen LogP contribution is 2.02. The van der Waals surface area contributed by atoms with E-state index >= 15 is 0 Å². The second-order valence-electron chi connectivity index (χ2n) is 3.35. The van der Waals surface area contributed by atoms with Crippen molar-refractivity contribution in [2.45, 2.75) is 19.8 Å². The van der Waals surface area contributed by atoms with Crippen LogP contribution in [0.3, 0.4) is 0 Å². The molecule has 3 heteroatoms. The van der Waals surface area contributed by atoms with Gasteiger partial charge < -0.3 is 4.98 Å². The van der Waals surface area contributed by atoms with E-state index in [0.717, 1.165) is 5.82 Å². The van der Waals surface area contributed by atoms with Gasteiger partial charge in [0.15, 0.2) is 0 Å². The summed E-state index contributed by atoms with van der Waals surface area (Å²) >= 11 is 0. The van der Waals surface area contributed by atoms with Gasteiger partial charge in [0.25, 0.3) is 0 Å². The van der Waals surface area contributed by atoms with Crippen LogP contribution < -0.4 is 10.8 Å². The fourth-order valence-electron chi connectivity index (χ4n) is 0.961. The van der Waals surface area contributed by atoms with E-state index in [0.29, 0.717) is 16.7 Å². The van der Waals surface area contributed by atoms with Crippen molar-refractivity contribution in [2.75, 3.05) is 0 Å². The zero-order valence-electron chi connectivity index (χ0n) is 8.62. The summed E-state index contributed by atoms with van der Waals surface area (Å²) in [4.78, 5) is 11.4. The highest BCUT2D eigenvalue weighted by molar-refractivity contribution is 5.00. The minimum atomic E-state index is 0.296. The number of hydrogen-bond donors (Lipinski definition) is 1. The number of nitrogens with one attached hydrogen (secondary N) is 1. The van der Waals surface area contributed by atoms with Gasteiger partial charge >= 0.3 is 0 Å². The molecule has 1 rings (SSSR count). The first-order valence-corrected chi connectivity index (χ1v) is 4.53. The molecule has 0 aromatic carbocycles. The van der Waals surface area contributed by atoms with Gasteiger partial charge in [0.05, 0.1) is 5.35 Å². The molecule has 74 valence electrons. The first-order valence-electron chi connectivity index (χ1n) is 4.53. The summed E-state index contributed by atoms with van der Waals surface area (Å²) in [6, 6.07) is 3.61. The predicted octanol–water partition coefficient (Wildman–Crippen LogP) is 0.873. The van der Waals surface area contributed by atoms with Crippen LogP contribution in [0.2, 0.25) is 0 Å². The van der Waals surface area contributed by atoms with Crippen LogP contribution >= 0.6 is 0 Å². The normalized spacial score (nSPS) is 9.93. The molecule has 0 radical (unpaired) electrons. The van der Waals surface area contributed by atoms with Crippen LogP contribution in [0.1, 0.15) is 25.6 Å². The Morgan fingerprint density at radius 2 is 2.07 bits per heavy atom. The third-order valence-electron chi connectivity index (χ3n) is 1.69. The molecule has 0 unspecified atom stereocenters. The lowest BCUT2D eigenvalue weighted by molar-refractivity contribution is 0.765. The van der Waals surface area contributed by atoms with Gasteiger partial charge in [-0.2, -0.15) is 0 Å². The van der Waals surface area contributed by atoms with Crippen molar-refractivity contribution in [1.29, 1.82) is 0 Å². The van der Waals surface area contributed by atoms with Crippen molar-refractivity contribution in [3.63, 3.8) is 0 Å². The van der Waals surface area contributed by atoms with Gasteiger partial charge in [0, 0.05) is 12.1 Å². The summed E-state index contributed by atoms with van der Waals surface area (Å²) in [5.41, 5.74) is 0.594. The number of H-pyrrole nitrogens is 1. The molecular formula is C11H15N3. The third-order valence-corrected chi connectivity index (χ3v) is 1.69. The smallest absolute Gasteiger partial charge is 0.123 e. The third kappa shape index (κ3) is 3.01. The quantitative estimate of drug-likeness (QED) is 0.712. The highest BCUT2D eigenvalue weighted by atomic mass is 14.9. The van der Waals surface area contributed by atoms with Gasteiger partial charge in [-0.25, -0.2) is 9.97 Å². The van der Waals surface area contributed by atoms with Crippen molar-refractivity contribution < 1.29 is 0 Å². The summed E-state index contributed by atoms with van der Waals surface area (Å²) in [6.07, 6.45) is 1.67. The van der Waals surface area contributed by atoms with Crippen LogP contribution in [0.15, 0.2) is 18.3 Å². The highest BCUT2D eigenvalue weighted by Gasteiger charge is 1.96. The average Bonchev–Trinajstić information content (AvgIpc) is 2.17. The Balaban J connectivity index is 3.54. The summed E-state index contributed by atoms with van der Waals surface area (Å²) in [5.74, 6) is 1.13. The largest absolute Gasteiger partial charge is 0.329 e. The maximum Gasteiger partial charge on any atom is 0.123 e. The van der Waals surface area contributed by atoms with E-state index in [-0.39, 0.29) is 0 Å². The van der Waals surface area contributed by atoms with E-state index in [2.05, 4.69) is 42.0 Å². The molecule has 0 aliphatic heterocycles. The molecule has 0 atom stereocenters. The monoisotopic (exact) mass is 189 g/mol. The molecule has 1 N–H and O–H groups in total. The van der Waals surface area contributed by atoms with Crippen molar-refractivity contribution in [3.8, 4) is 0 Å². The molecular weight excluding hydrogens is 174 g/mol. The second-order valence-corrected chi connectivity index (χ2v) is 3.35. The first kappa shape index (κ1) is 10.4. The lowest BCUT2D eigenvalue weighted by Gasteiger charge is -1.99. The zero-order valence-corrected chi connectivity index (χ0v) is 8.62. The van der Waals surface area contributed by atoms with Gasteiger partial charge in [0.1, 0.15) is 11.3 Å². The summed E-state index contributed by atoms with van der Waals surface area (Å²) in [7, 11) is 0. The van der Waals surface area contributed by atoms with Crippen LogP contribution in [-0.4, -0.2) is 15.0 Å². The maximum atomic E-state index is 4.33. The number of nitrogens with zero attached hydrogens (tertiary/aromatic N) is 2. The topological polar surface area (TPSA) is 41.6 Å². The van der Waals surface area contributed by atoms with Gasteiger partial charge in [-0.3, -0.25) is 0 Å². The molecule has 0 saturated carbocycles. The Hall–Kier alpha value is -1.64. The first-order chi connectivity index (χ1) is 6.59. The Bertz CT molecular complexity index is 406. The van der Waals surface area contributed by atoms with Crippen molar-refractivity contribution in [3.05, 3.63) is 35.0 Å². The van der Waals surface area contributed by atoms with Gasteiger partial charge in [-0.1, -0.05) is 27.0 Å². The predicted molar refractivity (Wildman–Crippen MR) is 58.4 cm³/mol. The van der Waals surface area contributed by atoms with Crippen LogP contribution in [0.5, 0.6) is 0 Å². The van der Waals surface area contributed by atoms with Crippen LogP contribution in [0.4, 0.5) is 0 Å². The summed E-state index contributed by atoms with van der Waals surface area (Å²) in [5, 5.41) is 0.711. The van der Waals surface area contributed by atoms with E-state index in [9.17, 15) is 0 Å². The molecule has 0 aliphatic carbocycles. The molecule has 0 amide bonds. The Morgan fingerprint density at radius 1 is 1.36 bits per heavy atom. The molecule has 3 nitrogen and oxygen atoms in total. The molecule has 0 spiro atoms. The number of hydrogen-bond acceptors (Lipinski definition) is 2. The lowest BCUT2D eigenvalue weighted by Crippen LogP contribution is -2.13. The number of aromatic nitrogens is 3. The van der Waals surface area contributed by atoms with E-state index in [4.69, 9.17) is 0 Å². The Kier molecular flexibility index (Phi) is 3.40. The van der Waals surface area contributed by atoms with Gasteiger partial charge in [-0.15, -0.1) is 0 Å². The molecule has 14 heavy (non-hydrogen) atoms. The van der Waals surface area contributed by atoms with E-state index in [1.807, 2.05) is 6.07 Å². The lowest BCUT2D eigenvalue weighted by atomic mass is 10.2. The van der Waals surface area contributed by atoms with Crippen LogP contribution in [0, 0.1) is 0 Å². The molecule has 1 heterocycles. The second kappa shape index (κ2) is 4.56. The minimum Gasteiger partial charge on any atom is -0.329 e. The number of rotatable bonds is 1. The molecule has 0 aliphatic rings. The minimum absolute atomic E-state index is 0.296. The molecule has 1 aromatic rings. The Morgan fingerprint density at radius 3 is 2.71 bits per heavy atom.